The molecular weight excluding hydrogens is 580 g/mol. The number of carbonyl (C=O) groups is 2. The van der Waals surface area contributed by atoms with Gasteiger partial charge < -0.3 is 22.4 Å². The minimum absolute atomic E-state index is 0. The SMILES string of the molecule is CC.CN1[CH-]C(=O)[N-]c2ccccc2C1=O.[CH3-].[Re].[Y].[Y]. The molecular formula is C13H17N2O2ReY2-3. The van der Waals surface area contributed by atoms with Gasteiger partial charge in [-0.1, -0.05) is 44.0 Å². The van der Waals surface area contributed by atoms with Crippen molar-refractivity contribution >= 4 is 17.5 Å². The van der Waals surface area contributed by atoms with Gasteiger partial charge in [-0.2, -0.15) is 0 Å². The van der Waals surface area contributed by atoms with Crippen molar-refractivity contribution in [2.75, 3.05) is 7.05 Å². The first kappa shape index (κ1) is 29.0. The first-order valence-electron chi connectivity index (χ1n) is 5.15. The molecule has 1 aromatic carbocycles. The number of hydrogen-bond acceptors (Lipinski definition) is 2. The molecule has 4 nitrogen and oxygen atoms in total. The minimum atomic E-state index is -0.411. The van der Waals surface area contributed by atoms with Crippen LogP contribution < -0.4 is 0 Å². The van der Waals surface area contributed by atoms with Crippen LogP contribution in [0.2, 0.25) is 0 Å². The smallest absolute Gasteiger partial charge is 0.226 e. The van der Waals surface area contributed by atoms with E-state index in [2.05, 4.69) is 5.32 Å². The van der Waals surface area contributed by atoms with E-state index < -0.39 is 5.91 Å². The van der Waals surface area contributed by atoms with Crippen molar-refractivity contribution in [3.8, 4) is 0 Å². The van der Waals surface area contributed by atoms with E-state index in [-0.39, 0.29) is 99.2 Å². The van der Waals surface area contributed by atoms with Crippen LogP contribution in [0.15, 0.2) is 24.3 Å². The van der Waals surface area contributed by atoms with Crippen molar-refractivity contribution in [2.24, 2.45) is 0 Å². The Morgan fingerprint density at radius 1 is 1.10 bits per heavy atom. The maximum Gasteiger partial charge on any atom is 0.226 e. The number of rotatable bonds is 0. The molecule has 1 aromatic rings. The van der Waals surface area contributed by atoms with Gasteiger partial charge in [0.15, 0.2) is 0 Å². The van der Waals surface area contributed by atoms with E-state index in [1.54, 1.807) is 24.3 Å². The summed E-state index contributed by atoms with van der Waals surface area (Å²) in [6.45, 7) is 5.18. The zero-order valence-electron chi connectivity index (χ0n) is 12.1. The van der Waals surface area contributed by atoms with E-state index in [1.807, 2.05) is 13.8 Å². The van der Waals surface area contributed by atoms with Crippen LogP contribution in [0.5, 0.6) is 0 Å². The average molecular weight is 597 g/mol. The van der Waals surface area contributed by atoms with Gasteiger partial charge in [-0.05, 0) is 7.05 Å². The Balaban J connectivity index is -0.000000204. The number of carbonyl (C=O) groups excluding carboxylic acids is 2. The van der Waals surface area contributed by atoms with E-state index in [1.165, 1.54) is 18.5 Å². The number of likely N-dealkylation sites (N-methyl/N-ethyl adjacent to an activating group) is 1. The van der Waals surface area contributed by atoms with Crippen LogP contribution in [0.25, 0.3) is 5.32 Å². The van der Waals surface area contributed by atoms with Crippen LogP contribution in [-0.4, -0.2) is 23.8 Å². The van der Waals surface area contributed by atoms with E-state index in [0.29, 0.717) is 11.3 Å². The van der Waals surface area contributed by atoms with Crippen LogP contribution in [0.3, 0.4) is 0 Å². The Labute approximate surface area is 185 Å². The zero-order chi connectivity index (χ0) is 12.1. The Hall–Kier alpha value is 0.900. The molecule has 0 aliphatic carbocycles. The first-order valence-corrected chi connectivity index (χ1v) is 5.15. The first-order chi connectivity index (χ1) is 7.68. The molecule has 0 unspecified atom stereocenters. The Kier molecular flexibility index (Phi) is 21.5. The fourth-order valence-corrected chi connectivity index (χ4v) is 1.31. The summed E-state index contributed by atoms with van der Waals surface area (Å²) in [4.78, 5) is 24.1. The molecule has 0 spiro atoms. The summed E-state index contributed by atoms with van der Waals surface area (Å²) in [5, 5.41) is 3.78. The number of para-hydroxylation sites is 1. The number of fused-ring (bicyclic) bond motifs is 1. The fraction of sp³-hybridized carbons (Fsp3) is 0.231. The van der Waals surface area contributed by atoms with Crippen molar-refractivity contribution in [1.82, 2.24) is 4.90 Å². The van der Waals surface area contributed by atoms with Crippen molar-refractivity contribution in [2.45, 2.75) is 13.8 Å². The fourth-order valence-electron chi connectivity index (χ4n) is 1.31. The molecule has 0 atom stereocenters. The molecule has 1 aliphatic heterocycles. The van der Waals surface area contributed by atoms with Crippen molar-refractivity contribution < 1.29 is 95.4 Å². The van der Waals surface area contributed by atoms with Gasteiger partial charge in [-0.25, -0.2) is 0 Å². The third-order valence-corrected chi connectivity index (χ3v) is 1.99. The predicted molar refractivity (Wildman–Crippen MR) is 68.6 cm³/mol. The number of amides is 2. The van der Waals surface area contributed by atoms with E-state index in [4.69, 9.17) is 0 Å². The third kappa shape index (κ3) is 7.78. The maximum atomic E-state index is 11.7. The van der Waals surface area contributed by atoms with Gasteiger partial charge in [0, 0.05) is 91.4 Å². The van der Waals surface area contributed by atoms with Crippen molar-refractivity contribution in [3.05, 3.63) is 49.1 Å². The molecule has 0 aromatic heterocycles. The third-order valence-electron chi connectivity index (χ3n) is 1.99. The molecule has 1 aliphatic rings. The normalized spacial score (nSPS) is 11.1. The second-order valence-electron chi connectivity index (χ2n) is 3.01. The van der Waals surface area contributed by atoms with E-state index in [9.17, 15) is 9.59 Å². The second kappa shape index (κ2) is 14.8. The topological polar surface area (TPSA) is 51.5 Å². The van der Waals surface area contributed by atoms with Gasteiger partial charge in [-0.15, -0.1) is 5.69 Å². The van der Waals surface area contributed by atoms with Crippen molar-refractivity contribution in [3.63, 3.8) is 0 Å². The Bertz CT molecular complexity index is 417. The van der Waals surface area contributed by atoms with Crippen molar-refractivity contribution in [1.29, 1.82) is 0 Å². The monoisotopic (exact) mass is 598 g/mol. The largest absolute Gasteiger partial charge is 0.652 e. The second-order valence-corrected chi connectivity index (χ2v) is 3.01. The number of benzene rings is 1. The van der Waals surface area contributed by atoms with Gasteiger partial charge >= 0.3 is 0 Å². The maximum absolute atomic E-state index is 11.7. The van der Waals surface area contributed by atoms with Crippen LogP contribution in [0.4, 0.5) is 5.69 Å². The standard InChI is InChI=1S/C10H9N2O2.C2H6.CH3.Re.2Y/c1-12-6-9(13)11-8-5-3-2-4-7(8)10(12)14;1-2;;;;/h2-6H,1H3,(H,11,13,14);1-2H3;1H3;;;/q-1;;-1;;;/p-1. The molecule has 3 radical (unpaired) electrons. The van der Waals surface area contributed by atoms with Gasteiger partial charge in [0.25, 0.3) is 0 Å². The quantitative estimate of drug-likeness (QED) is 0.433. The summed E-state index contributed by atoms with van der Waals surface area (Å²) < 4.78 is 0. The Morgan fingerprint density at radius 2 is 1.60 bits per heavy atom. The summed E-state index contributed by atoms with van der Waals surface area (Å²) in [5.74, 6) is -0.624. The summed E-state index contributed by atoms with van der Waals surface area (Å²) in [6.07, 6.45) is 0. The zero-order valence-corrected chi connectivity index (χ0v) is 20.5. The predicted octanol–water partition coefficient (Wildman–Crippen LogP) is 2.93. The molecule has 0 bridgehead atoms. The molecule has 20 heavy (non-hydrogen) atoms. The van der Waals surface area contributed by atoms with Crippen LogP contribution in [-0.2, 0) is 90.6 Å². The molecule has 107 valence electrons. The Morgan fingerprint density at radius 3 is 2.15 bits per heavy atom. The van der Waals surface area contributed by atoms with Gasteiger partial charge in [-0.3, -0.25) is 11.3 Å². The summed E-state index contributed by atoms with van der Waals surface area (Å²) in [7, 11) is 1.54. The summed E-state index contributed by atoms with van der Waals surface area (Å²) >= 11 is 0. The van der Waals surface area contributed by atoms with E-state index in [0.717, 1.165) is 0 Å². The molecule has 2 amide bonds. The van der Waals surface area contributed by atoms with Crippen LogP contribution in [0, 0.1) is 14.0 Å². The average Bonchev–Trinajstić information content (AvgIpc) is 2.40. The summed E-state index contributed by atoms with van der Waals surface area (Å²) in [5.41, 5.74) is 0.889. The van der Waals surface area contributed by atoms with Gasteiger partial charge in [0.2, 0.25) is 5.91 Å². The molecule has 0 saturated carbocycles. The molecule has 0 fully saturated rings. The molecule has 7 heteroatoms. The van der Waals surface area contributed by atoms with E-state index >= 15 is 0 Å². The molecule has 0 saturated heterocycles. The molecule has 0 N–H and O–H groups in total. The number of hydrogen-bond donors (Lipinski definition) is 0. The number of nitrogens with zero attached hydrogens (tertiary/aromatic N) is 2. The molecule has 2 rings (SSSR count). The van der Waals surface area contributed by atoms with Crippen LogP contribution in [0.1, 0.15) is 24.2 Å². The van der Waals surface area contributed by atoms with Gasteiger partial charge in [0.1, 0.15) is 0 Å². The van der Waals surface area contributed by atoms with Crippen LogP contribution >= 0.6 is 0 Å². The summed E-state index contributed by atoms with van der Waals surface area (Å²) in [6, 6.07) is 6.80. The minimum Gasteiger partial charge on any atom is -0.652 e. The molecule has 1 heterocycles. The van der Waals surface area contributed by atoms with Gasteiger partial charge in [0.05, 0.1) is 0 Å².